The van der Waals surface area contributed by atoms with Gasteiger partial charge in [0.05, 0.1) is 6.54 Å². The van der Waals surface area contributed by atoms with Crippen LogP contribution in [0.5, 0.6) is 0 Å². The normalized spacial score (nSPS) is 17.8. The molecule has 24 heavy (non-hydrogen) atoms. The van der Waals surface area contributed by atoms with Crippen LogP contribution in [0.2, 0.25) is 0 Å². The molecule has 0 radical (unpaired) electrons. The summed E-state index contributed by atoms with van der Waals surface area (Å²) >= 11 is 0. The number of benzene rings is 1. The number of carboxylic acid groups (broad SMARTS) is 1. The van der Waals surface area contributed by atoms with Gasteiger partial charge in [0.15, 0.2) is 5.60 Å². The van der Waals surface area contributed by atoms with E-state index in [1.54, 1.807) is 24.3 Å². The highest BCUT2D eigenvalue weighted by Gasteiger charge is 2.29. The van der Waals surface area contributed by atoms with E-state index in [2.05, 4.69) is 10.6 Å². The maximum atomic E-state index is 12.2. The molecular formula is C18H26N2O4. The Morgan fingerprint density at radius 2 is 1.79 bits per heavy atom. The topological polar surface area (TPSA) is 98.7 Å². The molecule has 1 aliphatic carbocycles. The molecule has 6 heteroatoms. The van der Waals surface area contributed by atoms with Crippen molar-refractivity contribution in [3.63, 3.8) is 0 Å². The monoisotopic (exact) mass is 334 g/mol. The van der Waals surface area contributed by atoms with Gasteiger partial charge in [-0.25, -0.2) is 4.79 Å². The first-order chi connectivity index (χ1) is 11.4. The van der Waals surface area contributed by atoms with Gasteiger partial charge in [-0.05, 0) is 49.9 Å². The summed E-state index contributed by atoms with van der Waals surface area (Å²) in [7, 11) is 0. The van der Waals surface area contributed by atoms with Gasteiger partial charge in [-0.2, -0.15) is 0 Å². The summed E-state index contributed by atoms with van der Waals surface area (Å²) in [5.74, 6) is -0.791. The largest absolute Gasteiger partial charge is 0.479 e. The van der Waals surface area contributed by atoms with E-state index < -0.39 is 11.6 Å². The molecule has 1 fully saturated rings. The number of nitrogens with one attached hydrogen (secondary N) is 2. The molecule has 1 aliphatic rings. The molecule has 0 saturated heterocycles. The number of hydrogen-bond donors (Lipinski definition) is 4. The number of amides is 1. The number of anilines is 1. The highest BCUT2D eigenvalue weighted by Crippen LogP contribution is 2.22. The van der Waals surface area contributed by atoms with E-state index in [9.17, 15) is 14.7 Å². The molecule has 1 amide bonds. The summed E-state index contributed by atoms with van der Waals surface area (Å²) in [6.07, 6.45) is 6.18. The maximum absolute atomic E-state index is 12.2. The van der Waals surface area contributed by atoms with Crippen LogP contribution < -0.4 is 10.6 Å². The van der Waals surface area contributed by atoms with Crippen LogP contribution in [0.15, 0.2) is 24.3 Å². The number of aliphatic carboxylic acids is 1. The van der Waals surface area contributed by atoms with Crippen molar-refractivity contribution in [2.24, 2.45) is 5.92 Å². The first-order valence-electron chi connectivity index (χ1n) is 8.46. The summed E-state index contributed by atoms with van der Waals surface area (Å²) in [4.78, 5) is 23.0. The van der Waals surface area contributed by atoms with Crippen LogP contribution in [0.1, 0.15) is 49.4 Å². The van der Waals surface area contributed by atoms with Crippen LogP contribution in [0.4, 0.5) is 5.69 Å². The summed E-state index contributed by atoms with van der Waals surface area (Å²) in [5, 5.41) is 24.4. The number of carboxylic acids is 1. The molecular weight excluding hydrogens is 308 g/mol. The quantitative estimate of drug-likeness (QED) is 0.613. The third-order valence-electron chi connectivity index (χ3n) is 4.52. The molecule has 0 aliphatic heterocycles. The van der Waals surface area contributed by atoms with Crippen molar-refractivity contribution in [3.05, 3.63) is 29.8 Å². The van der Waals surface area contributed by atoms with Gasteiger partial charge in [0.25, 0.3) is 5.91 Å². The lowest BCUT2D eigenvalue weighted by atomic mass is 9.89. The van der Waals surface area contributed by atoms with Crippen LogP contribution in [-0.2, 0) is 4.79 Å². The fraction of sp³-hybridized carbons (Fsp3) is 0.556. The zero-order valence-corrected chi connectivity index (χ0v) is 14.0. The number of aliphatic hydroxyl groups is 1. The van der Waals surface area contributed by atoms with Gasteiger partial charge in [0, 0.05) is 17.8 Å². The lowest BCUT2D eigenvalue weighted by molar-refractivity contribution is -0.155. The Kier molecular flexibility index (Phi) is 6.20. The second-order valence-corrected chi connectivity index (χ2v) is 6.72. The average molecular weight is 334 g/mol. The van der Waals surface area contributed by atoms with Crippen molar-refractivity contribution in [2.75, 3.05) is 18.4 Å². The second-order valence-electron chi connectivity index (χ2n) is 6.72. The standard InChI is InChI=1S/C18H26N2O4/c1-18(24,17(22)23)12-20-15-9-7-14(8-10-15)16(21)19-11-13-5-3-2-4-6-13/h7-10,13,20,24H,2-6,11-12H2,1H3,(H,19,21)(H,22,23). The van der Waals surface area contributed by atoms with Crippen molar-refractivity contribution < 1.29 is 19.8 Å². The Morgan fingerprint density at radius 1 is 1.17 bits per heavy atom. The van der Waals surface area contributed by atoms with Crippen molar-refractivity contribution >= 4 is 17.6 Å². The third kappa shape index (κ3) is 5.23. The van der Waals surface area contributed by atoms with Crippen molar-refractivity contribution in [1.29, 1.82) is 0 Å². The summed E-state index contributed by atoms with van der Waals surface area (Å²) in [5.41, 5.74) is -0.613. The molecule has 132 valence electrons. The minimum atomic E-state index is -1.84. The Morgan fingerprint density at radius 3 is 2.38 bits per heavy atom. The average Bonchev–Trinajstić information content (AvgIpc) is 2.59. The minimum Gasteiger partial charge on any atom is -0.479 e. The molecule has 0 spiro atoms. The van der Waals surface area contributed by atoms with Gasteiger partial charge < -0.3 is 20.8 Å². The van der Waals surface area contributed by atoms with Gasteiger partial charge in [-0.3, -0.25) is 4.79 Å². The Balaban J connectivity index is 1.82. The molecule has 1 saturated carbocycles. The van der Waals surface area contributed by atoms with E-state index in [1.165, 1.54) is 39.0 Å². The Labute approximate surface area is 142 Å². The molecule has 1 unspecified atom stereocenters. The summed E-state index contributed by atoms with van der Waals surface area (Å²) in [6, 6.07) is 6.78. The third-order valence-corrected chi connectivity index (χ3v) is 4.52. The number of carbonyl (C=O) groups excluding carboxylic acids is 1. The fourth-order valence-electron chi connectivity index (χ4n) is 2.82. The van der Waals surface area contributed by atoms with Crippen molar-refractivity contribution in [3.8, 4) is 0 Å². The molecule has 1 atom stereocenters. The molecule has 0 heterocycles. The molecule has 0 bridgehead atoms. The zero-order chi connectivity index (χ0) is 17.6. The van der Waals surface area contributed by atoms with Gasteiger partial charge in [0.1, 0.15) is 0 Å². The number of carbonyl (C=O) groups is 2. The smallest absolute Gasteiger partial charge is 0.337 e. The van der Waals surface area contributed by atoms with E-state index in [1.807, 2.05) is 0 Å². The van der Waals surface area contributed by atoms with Gasteiger partial charge in [-0.15, -0.1) is 0 Å². The molecule has 6 nitrogen and oxygen atoms in total. The highest BCUT2D eigenvalue weighted by molar-refractivity contribution is 5.94. The predicted molar refractivity (Wildman–Crippen MR) is 92.1 cm³/mol. The maximum Gasteiger partial charge on any atom is 0.337 e. The van der Waals surface area contributed by atoms with Crippen LogP contribution in [0.3, 0.4) is 0 Å². The molecule has 4 N–H and O–H groups in total. The SMILES string of the molecule is CC(O)(CNc1ccc(C(=O)NCC2CCCCC2)cc1)C(=O)O. The minimum absolute atomic E-state index is 0.0929. The van der Waals surface area contributed by atoms with Crippen LogP contribution >= 0.6 is 0 Å². The van der Waals surface area contributed by atoms with E-state index in [4.69, 9.17) is 5.11 Å². The van der Waals surface area contributed by atoms with E-state index in [-0.39, 0.29) is 12.5 Å². The first-order valence-corrected chi connectivity index (χ1v) is 8.46. The molecule has 0 aromatic heterocycles. The van der Waals surface area contributed by atoms with Crippen LogP contribution in [0, 0.1) is 5.92 Å². The van der Waals surface area contributed by atoms with E-state index in [0.717, 1.165) is 6.54 Å². The van der Waals surface area contributed by atoms with Gasteiger partial charge in [-0.1, -0.05) is 19.3 Å². The second kappa shape index (κ2) is 8.15. The van der Waals surface area contributed by atoms with Gasteiger partial charge in [0.2, 0.25) is 0 Å². The molecule has 1 aromatic carbocycles. The number of rotatable bonds is 7. The zero-order valence-electron chi connectivity index (χ0n) is 14.0. The van der Waals surface area contributed by atoms with E-state index >= 15 is 0 Å². The summed E-state index contributed by atoms with van der Waals surface area (Å²) in [6.45, 7) is 1.84. The van der Waals surface area contributed by atoms with E-state index in [0.29, 0.717) is 17.2 Å². The molecule has 1 aromatic rings. The highest BCUT2D eigenvalue weighted by atomic mass is 16.4. The molecule has 2 rings (SSSR count). The van der Waals surface area contributed by atoms with Crippen LogP contribution in [0.25, 0.3) is 0 Å². The summed E-state index contributed by atoms with van der Waals surface area (Å²) < 4.78 is 0. The fourth-order valence-corrected chi connectivity index (χ4v) is 2.82. The lowest BCUT2D eigenvalue weighted by Crippen LogP contribution is -2.41. The first kappa shape index (κ1) is 18.3. The van der Waals surface area contributed by atoms with Crippen LogP contribution in [-0.4, -0.2) is 40.8 Å². The number of hydrogen-bond acceptors (Lipinski definition) is 4. The lowest BCUT2D eigenvalue weighted by Gasteiger charge is -2.21. The van der Waals surface area contributed by atoms with Crippen molar-refractivity contribution in [2.45, 2.75) is 44.6 Å². The van der Waals surface area contributed by atoms with Crippen molar-refractivity contribution in [1.82, 2.24) is 5.32 Å². The Hall–Kier alpha value is -2.08. The predicted octanol–water partition coefficient (Wildman–Crippen LogP) is 2.24. The van der Waals surface area contributed by atoms with Gasteiger partial charge >= 0.3 is 5.97 Å². The Bertz CT molecular complexity index is 563.